The molecule has 3 unspecified atom stereocenters. The normalized spacial score (nSPS) is 14.4. The van der Waals surface area contributed by atoms with Crippen molar-refractivity contribution in [3.8, 4) is 0 Å². The van der Waals surface area contributed by atoms with E-state index in [-0.39, 0.29) is 25.7 Å². The van der Waals surface area contributed by atoms with Gasteiger partial charge < -0.3 is 33.8 Å². The van der Waals surface area contributed by atoms with Crippen molar-refractivity contribution in [2.45, 2.75) is 401 Å². The number of unbranched alkanes of at least 4 members (excludes halogenated alkanes) is 40. The van der Waals surface area contributed by atoms with E-state index in [4.69, 9.17) is 37.0 Å². The number of carbonyl (C=O) groups is 4. The summed E-state index contributed by atoms with van der Waals surface area (Å²) >= 11 is 0. The predicted molar refractivity (Wildman–Crippen MR) is 381 cm³/mol. The van der Waals surface area contributed by atoms with Crippen molar-refractivity contribution in [3.05, 3.63) is 0 Å². The molecule has 0 saturated carbocycles. The topological polar surface area (TPSA) is 237 Å². The maximum atomic E-state index is 13.1. The molecule has 0 aromatic heterocycles. The van der Waals surface area contributed by atoms with Crippen molar-refractivity contribution in [3.63, 3.8) is 0 Å². The monoisotopic (exact) mass is 1380 g/mol. The molecule has 3 N–H and O–H groups in total. The second kappa shape index (κ2) is 65.7. The molecule has 17 nitrogen and oxygen atoms in total. The van der Waals surface area contributed by atoms with E-state index >= 15 is 0 Å². The number of hydrogen-bond donors (Lipinski definition) is 3. The van der Waals surface area contributed by atoms with E-state index in [1.807, 2.05) is 0 Å². The van der Waals surface area contributed by atoms with Gasteiger partial charge in [-0.05, 0) is 43.4 Å². The van der Waals surface area contributed by atoms with Crippen LogP contribution in [-0.4, -0.2) is 96.7 Å². The third-order valence-electron chi connectivity index (χ3n) is 17.7. The average Bonchev–Trinajstić information content (AvgIpc) is 1.23. The fraction of sp³-hybridized carbons (Fsp3) is 0.947. The molecule has 19 heteroatoms. The highest BCUT2D eigenvalue weighted by Crippen LogP contribution is 2.45. The molecule has 0 bridgehead atoms. The van der Waals surface area contributed by atoms with Crippen LogP contribution in [0.25, 0.3) is 0 Å². The Balaban J connectivity index is 5.24. The van der Waals surface area contributed by atoms with Crippen LogP contribution >= 0.6 is 15.6 Å². The lowest BCUT2D eigenvalue weighted by Gasteiger charge is -2.21. The van der Waals surface area contributed by atoms with Crippen LogP contribution in [0, 0.1) is 17.8 Å². The number of aliphatic hydroxyl groups excluding tert-OH is 1. The minimum atomic E-state index is -4.96. The lowest BCUT2D eigenvalue weighted by Crippen LogP contribution is -2.30. The molecule has 0 amide bonds. The van der Waals surface area contributed by atoms with Crippen molar-refractivity contribution in [1.82, 2.24) is 0 Å². The molecule has 0 aromatic carbocycles. The van der Waals surface area contributed by atoms with E-state index in [1.165, 1.54) is 193 Å². The van der Waals surface area contributed by atoms with Crippen LogP contribution in [0.4, 0.5) is 0 Å². The van der Waals surface area contributed by atoms with E-state index in [0.717, 1.165) is 108 Å². The van der Waals surface area contributed by atoms with Gasteiger partial charge in [-0.15, -0.1) is 0 Å². The van der Waals surface area contributed by atoms with Gasteiger partial charge in [-0.1, -0.05) is 331 Å². The molecule has 0 heterocycles. The molecule has 558 valence electrons. The second-order valence-corrected chi connectivity index (χ2v) is 31.1. The Kier molecular flexibility index (Phi) is 64.3. The van der Waals surface area contributed by atoms with E-state index < -0.39 is 97.5 Å². The minimum Gasteiger partial charge on any atom is -0.462 e. The second-order valence-electron chi connectivity index (χ2n) is 28.2. The van der Waals surface area contributed by atoms with Crippen LogP contribution in [0.1, 0.15) is 382 Å². The third kappa shape index (κ3) is 67.3. The molecule has 0 spiro atoms. The van der Waals surface area contributed by atoms with Crippen molar-refractivity contribution < 1.29 is 80.2 Å². The summed E-state index contributed by atoms with van der Waals surface area (Å²) in [7, 11) is -9.91. The van der Waals surface area contributed by atoms with Crippen LogP contribution in [0.3, 0.4) is 0 Å². The van der Waals surface area contributed by atoms with Gasteiger partial charge in [0.15, 0.2) is 12.2 Å². The molecule has 94 heavy (non-hydrogen) atoms. The summed E-state index contributed by atoms with van der Waals surface area (Å²) in [6, 6.07) is 0. The highest BCUT2D eigenvalue weighted by molar-refractivity contribution is 7.47. The van der Waals surface area contributed by atoms with Gasteiger partial charge in [0.25, 0.3) is 0 Å². The standard InChI is InChI=1S/C75H146O17P2/c1-8-10-11-12-13-25-35-42-49-56-72(77)85-62-70(92-75(80)59-52-45-38-31-24-23-27-33-40-47-54-67(5)6)64-89-93(81,82)87-60-69(76)61-88-94(83,84)90-65-71(63-86-73(78)57-50-43-36-29-22-18-19-26-32-39-46-53-66(3)4)91-74(79)58-51-44-37-30-21-17-15-14-16-20-28-34-41-48-55-68(7)9-2/h66-71,76H,8-65H2,1-7H3,(H,81,82)(H,83,84)/t68?,69-,70+,71+/m0/s1. The first-order chi connectivity index (χ1) is 45.3. The SMILES string of the molecule is CCCCCCCCCCCC(=O)OC[C@H](COP(=O)(O)OC[C@H](O)COP(=O)(O)OC[C@@H](COC(=O)CCCCCCCCCCCCCC(C)C)OC(=O)CCCCCCCCCCCCCCCCC(C)CC)OC(=O)CCCCCCCCCCCCC(C)C. The predicted octanol–water partition coefficient (Wildman–Crippen LogP) is 21.8. The molecule has 0 radical (unpaired) electrons. The highest BCUT2D eigenvalue weighted by Gasteiger charge is 2.30. The Bertz CT molecular complexity index is 1840. The van der Waals surface area contributed by atoms with E-state index in [1.54, 1.807) is 0 Å². The molecule has 0 fully saturated rings. The van der Waals surface area contributed by atoms with Crippen LogP contribution in [0.2, 0.25) is 0 Å². The minimum absolute atomic E-state index is 0.106. The number of carbonyl (C=O) groups excluding carboxylic acids is 4. The van der Waals surface area contributed by atoms with Crippen LogP contribution < -0.4 is 0 Å². The smallest absolute Gasteiger partial charge is 0.462 e. The Morgan fingerprint density at radius 1 is 0.309 bits per heavy atom. The van der Waals surface area contributed by atoms with Gasteiger partial charge >= 0.3 is 39.5 Å². The summed E-state index contributed by atoms with van der Waals surface area (Å²) in [4.78, 5) is 72.7. The summed E-state index contributed by atoms with van der Waals surface area (Å²) in [5.74, 6) is 0.249. The fourth-order valence-corrected chi connectivity index (χ4v) is 13.0. The van der Waals surface area contributed by atoms with Gasteiger partial charge in [-0.2, -0.15) is 0 Å². The zero-order valence-electron chi connectivity index (χ0n) is 61.4. The summed E-state index contributed by atoms with van der Waals surface area (Å²) in [6.07, 6.45) is 51.2. The van der Waals surface area contributed by atoms with Crippen molar-refractivity contribution >= 4 is 39.5 Å². The van der Waals surface area contributed by atoms with Gasteiger partial charge in [-0.25, -0.2) is 9.13 Å². The first-order valence-corrected chi connectivity index (χ1v) is 41.9. The number of phosphoric ester groups is 2. The van der Waals surface area contributed by atoms with E-state index in [0.29, 0.717) is 25.7 Å². The molecule has 0 saturated heterocycles. The van der Waals surface area contributed by atoms with Crippen molar-refractivity contribution in [1.29, 1.82) is 0 Å². The van der Waals surface area contributed by atoms with E-state index in [9.17, 15) is 43.2 Å². The Hall–Kier alpha value is -1.94. The van der Waals surface area contributed by atoms with E-state index in [2.05, 4.69) is 48.5 Å². The molecule has 6 atom stereocenters. The zero-order chi connectivity index (χ0) is 69.4. The number of rotatable bonds is 73. The molecule has 0 aliphatic carbocycles. The van der Waals surface area contributed by atoms with Gasteiger partial charge in [0.05, 0.1) is 26.4 Å². The summed E-state index contributed by atoms with van der Waals surface area (Å²) < 4.78 is 68.5. The maximum absolute atomic E-state index is 13.1. The highest BCUT2D eigenvalue weighted by atomic mass is 31.2. The molecule has 0 aromatic rings. The number of hydrogen-bond acceptors (Lipinski definition) is 15. The lowest BCUT2D eigenvalue weighted by atomic mass is 9.99. The number of ether oxygens (including phenoxy) is 4. The van der Waals surface area contributed by atoms with Gasteiger partial charge in [0.1, 0.15) is 19.3 Å². The van der Waals surface area contributed by atoms with Crippen molar-refractivity contribution in [2.24, 2.45) is 17.8 Å². The van der Waals surface area contributed by atoms with Crippen molar-refractivity contribution in [2.75, 3.05) is 39.6 Å². The van der Waals surface area contributed by atoms with Crippen LogP contribution in [0.5, 0.6) is 0 Å². The Morgan fingerprint density at radius 2 is 0.543 bits per heavy atom. The summed E-state index contributed by atoms with van der Waals surface area (Å²) in [5.41, 5.74) is 0. The van der Waals surface area contributed by atoms with Crippen LogP contribution in [0.15, 0.2) is 0 Å². The van der Waals surface area contributed by atoms with Gasteiger partial charge in [0, 0.05) is 25.7 Å². The Labute approximate surface area is 575 Å². The lowest BCUT2D eigenvalue weighted by molar-refractivity contribution is -0.161. The summed E-state index contributed by atoms with van der Waals surface area (Å²) in [5, 5.41) is 10.6. The number of esters is 4. The first kappa shape index (κ1) is 92.1. The average molecular weight is 1380 g/mol. The largest absolute Gasteiger partial charge is 0.472 e. The fourth-order valence-electron chi connectivity index (χ4n) is 11.4. The molecular formula is C75H146O17P2. The Morgan fingerprint density at radius 3 is 0.809 bits per heavy atom. The van der Waals surface area contributed by atoms with Gasteiger partial charge in [-0.3, -0.25) is 37.3 Å². The molecule has 0 rings (SSSR count). The molecule has 0 aliphatic heterocycles. The molecular weight excluding hydrogens is 1230 g/mol. The van der Waals surface area contributed by atoms with Crippen LogP contribution in [-0.2, 0) is 65.4 Å². The third-order valence-corrected chi connectivity index (χ3v) is 19.6. The number of aliphatic hydroxyl groups is 1. The number of phosphoric acid groups is 2. The zero-order valence-corrected chi connectivity index (χ0v) is 63.2. The molecule has 0 aliphatic rings. The first-order valence-electron chi connectivity index (χ1n) is 38.9. The quantitative estimate of drug-likeness (QED) is 0.0222. The van der Waals surface area contributed by atoms with Gasteiger partial charge in [0.2, 0.25) is 0 Å². The maximum Gasteiger partial charge on any atom is 0.472 e. The summed E-state index contributed by atoms with van der Waals surface area (Å²) in [6.45, 7) is 11.9.